The Kier molecular flexibility index (Phi) is 8.54. The van der Waals surface area contributed by atoms with Gasteiger partial charge in [0.2, 0.25) is 0 Å². The number of pyridine rings is 1. The van der Waals surface area contributed by atoms with E-state index in [0.717, 1.165) is 53.8 Å². The summed E-state index contributed by atoms with van der Waals surface area (Å²) in [6, 6.07) is 33.3. The van der Waals surface area contributed by atoms with Crippen molar-refractivity contribution in [3.8, 4) is 28.5 Å². The van der Waals surface area contributed by atoms with E-state index in [-0.39, 0.29) is 5.25 Å². The monoisotopic (exact) mass is 536 g/mol. The zero-order valence-corrected chi connectivity index (χ0v) is 23.3. The summed E-state index contributed by atoms with van der Waals surface area (Å²) in [7, 11) is 0. The molecule has 0 radical (unpaired) electrons. The maximum Gasteiger partial charge on any atom is 0.115 e. The lowest BCUT2D eigenvalue weighted by molar-refractivity contribution is 0.0339. The molecular weight excluding hydrogens is 505 g/mol. The Bertz CT molecular complexity index is 1400. The van der Waals surface area contributed by atoms with E-state index in [4.69, 9.17) is 4.98 Å². The van der Waals surface area contributed by atoms with Crippen LogP contribution in [0.3, 0.4) is 0 Å². The summed E-state index contributed by atoms with van der Waals surface area (Å²) in [5.74, 6) is 1.41. The largest absolute Gasteiger partial charge is 0.388 e. The van der Waals surface area contributed by atoms with Gasteiger partial charge in [0.25, 0.3) is 0 Å². The number of aryl methyl sites for hydroxylation is 1. The van der Waals surface area contributed by atoms with Crippen LogP contribution in [0.5, 0.6) is 0 Å². The van der Waals surface area contributed by atoms with E-state index in [1.807, 2.05) is 54.2 Å². The predicted molar refractivity (Wildman–Crippen MR) is 160 cm³/mol. The van der Waals surface area contributed by atoms with Crippen LogP contribution >= 0.6 is 23.5 Å². The Balaban J connectivity index is 1.45. The fraction of sp³-hybridized carbons (Fsp3) is 0.273. The van der Waals surface area contributed by atoms with Gasteiger partial charge >= 0.3 is 0 Å². The fourth-order valence-corrected chi connectivity index (χ4v) is 7.74. The van der Waals surface area contributed by atoms with E-state index in [0.29, 0.717) is 16.3 Å². The molecule has 0 amide bonds. The number of hydrogen-bond donors (Lipinski definition) is 1. The van der Waals surface area contributed by atoms with Gasteiger partial charge in [-0.25, -0.2) is 4.98 Å². The van der Waals surface area contributed by atoms with Crippen molar-refractivity contribution in [1.29, 1.82) is 5.26 Å². The van der Waals surface area contributed by atoms with Gasteiger partial charge in [0.1, 0.15) is 11.1 Å². The molecule has 0 saturated heterocycles. The molecule has 1 aromatic heterocycles. The van der Waals surface area contributed by atoms with Crippen molar-refractivity contribution in [2.24, 2.45) is 0 Å². The molecule has 1 N–H and O–H groups in total. The minimum atomic E-state index is -0.802. The van der Waals surface area contributed by atoms with Crippen LogP contribution in [-0.4, -0.2) is 26.7 Å². The van der Waals surface area contributed by atoms with Crippen molar-refractivity contribution in [1.82, 2.24) is 4.98 Å². The molecule has 1 fully saturated rings. The molecular formula is C33H32N2OS2. The van der Waals surface area contributed by atoms with Gasteiger partial charge in [0.05, 0.1) is 16.9 Å². The molecule has 3 nitrogen and oxygen atoms in total. The van der Waals surface area contributed by atoms with Crippen LogP contribution in [-0.2, 0) is 5.75 Å². The van der Waals surface area contributed by atoms with E-state index in [9.17, 15) is 10.4 Å². The average molecular weight is 537 g/mol. The Morgan fingerprint density at radius 3 is 2.37 bits per heavy atom. The highest BCUT2D eigenvalue weighted by molar-refractivity contribution is 8.00. The molecule has 5 heteroatoms. The summed E-state index contributed by atoms with van der Waals surface area (Å²) in [5, 5.41) is 23.0. The second-order valence-electron chi connectivity index (χ2n) is 10.0. The first-order valence-corrected chi connectivity index (χ1v) is 15.2. The van der Waals surface area contributed by atoms with Gasteiger partial charge in [-0.15, -0.1) is 11.8 Å². The lowest BCUT2D eigenvalue weighted by atomic mass is 9.86. The summed E-state index contributed by atoms with van der Waals surface area (Å²) in [6.45, 7) is 2.06. The van der Waals surface area contributed by atoms with Gasteiger partial charge in [0.15, 0.2) is 0 Å². The first kappa shape index (κ1) is 26.6. The maximum atomic E-state index is 11.9. The first-order chi connectivity index (χ1) is 18.6. The molecule has 1 aliphatic rings. The molecule has 5 rings (SSSR count). The van der Waals surface area contributed by atoms with Crippen molar-refractivity contribution in [2.75, 3.05) is 5.75 Å². The lowest BCUT2D eigenvalue weighted by Crippen LogP contribution is -2.45. The van der Waals surface area contributed by atoms with Gasteiger partial charge in [-0.1, -0.05) is 103 Å². The molecule has 192 valence electrons. The second-order valence-corrected chi connectivity index (χ2v) is 12.2. The van der Waals surface area contributed by atoms with Crippen LogP contribution in [0, 0.1) is 18.3 Å². The summed E-state index contributed by atoms with van der Waals surface area (Å²) >= 11 is 3.38. The van der Waals surface area contributed by atoms with E-state index in [1.54, 1.807) is 0 Å². The normalized spacial score (nSPS) is 19.1. The molecule has 4 aromatic rings. The SMILES string of the molecule is Cc1ccc(-c2cc(-c3ccccc3)nc(SC[C@@]3(O)CCCC[C@H]3SCc3ccccc3)c2C#N)cc1. The summed E-state index contributed by atoms with van der Waals surface area (Å²) in [5.41, 5.74) is 5.97. The van der Waals surface area contributed by atoms with Crippen LogP contribution in [0.2, 0.25) is 0 Å². The Labute approximate surface area is 234 Å². The molecule has 3 aromatic carbocycles. The van der Waals surface area contributed by atoms with Gasteiger partial charge in [0, 0.05) is 27.9 Å². The average Bonchev–Trinajstić information content (AvgIpc) is 2.96. The summed E-state index contributed by atoms with van der Waals surface area (Å²) in [4.78, 5) is 4.97. The summed E-state index contributed by atoms with van der Waals surface area (Å²) < 4.78 is 0. The van der Waals surface area contributed by atoms with Crippen molar-refractivity contribution in [2.45, 2.75) is 54.2 Å². The highest BCUT2D eigenvalue weighted by Gasteiger charge is 2.39. The van der Waals surface area contributed by atoms with Crippen molar-refractivity contribution < 1.29 is 5.11 Å². The molecule has 0 unspecified atom stereocenters. The number of nitrogens with zero attached hydrogens (tertiary/aromatic N) is 2. The zero-order valence-electron chi connectivity index (χ0n) is 21.6. The number of benzene rings is 3. The Morgan fingerprint density at radius 2 is 1.66 bits per heavy atom. The third kappa shape index (κ3) is 6.15. The van der Waals surface area contributed by atoms with Crippen molar-refractivity contribution in [3.05, 3.63) is 108 Å². The molecule has 1 heterocycles. The number of rotatable bonds is 8. The summed E-state index contributed by atoms with van der Waals surface area (Å²) in [6.07, 6.45) is 3.95. The fourth-order valence-electron chi connectivity index (χ4n) is 5.01. The Hall–Kier alpha value is -3.04. The molecule has 1 aliphatic carbocycles. The van der Waals surface area contributed by atoms with Crippen LogP contribution in [0.15, 0.2) is 96.0 Å². The standard InChI is InChI=1S/C33H32N2OS2/c1-24-15-17-26(18-16-24)28-20-30(27-12-6-3-7-13-27)35-32(29(28)21-34)38-23-33(36)19-9-8-14-31(33)37-22-25-10-4-2-5-11-25/h2-7,10-13,15-18,20,31,36H,8-9,14,19,22-23H2,1H3/t31-,33+/m1/s1. The first-order valence-electron chi connectivity index (χ1n) is 13.1. The quantitative estimate of drug-likeness (QED) is 0.230. The predicted octanol–water partition coefficient (Wildman–Crippen LogP) is 8.29. The lowest BCUT2D eigenvalue weighted by Gasteiger charge is -2.39. The van der Waals surface area contributed by atoms with E-state index < -0.39 is 5.60 Å². The number of nitriles is 1. The highest BCUT2D eigenvalue weighted by atomic mass is 32.2. The number of hydrogen-bond acceptors (Lipinski definition) is 5. The minimum Gasteiger partial charge on any atom is -0.388 e. The number of thioether (sulfide) groups is 2. The number of aliphatic hydroxyl groups is 1. The van der Waals surface area contributed by atoms with Gasteiger partial charge < -0.3 is 5.11 Å². The molecule has 38 heavy (non-hydrogen) atoms. The molecule has 0 aliphatic heterocycles. The van der Waals surface area contributed by atoms with Crippen LogP contribution in [0.4, 0.5) is 0 Å². The van der Waals surface area contributed by atoms with Crippen LogP contribution in [0.1, 0.15) is 42.4 Å². The molecule has 1 saturated carbocycles. The van der Waals surface area contributed by atoms with E-state index in [2.05, 4.69) is 61.5 Å². The van der Waals surface area contributed by atoms with E-state index >= 15 is 0 Å². The van der Waals surface area contributed by atoms with Gasteiger partial charge in [-0.05, 0) is 37.0 Å². The Morgan fingerprint density at radius 1 is 0.947 bits per heavy atom. The smallest absolute Gasteiger partial charge is 0.115 e. The third-order valence-electron chi connectivity index (χ3n) is 7.21. The highest BCUT2D eigenvalue weighted by Crippen LogP contribution is 2.42. The maximum absolute atomic E-state index is 11.9. The number of aromatic nitrogens is 1. The zero-order chi connectivity index (χ0) is 26.4. The van der Waals surface area contributed by atoms with Gasteiger partial charge in [-0.2, -0.15) is 17.0 Å². The third-order valence-corrected chi connectivity index (χ3v) is 10.00. The second kappa shape index (κ2) is 12.2. The molecule has 0 spiro atoms. The van der Waals surface area contributed by atoms with Crippen molar-refractivity contribution in [3.63, 3.8) is 0 Å². The minimum absolute atomic E-state index is 0.156. The van der Waals surface area contributed by atoms with E-state index in [1.165, 1.54) is 22.9 Å². The molecule has 0 bridgehead atoms. The van der Waals surface area contributed by atoms with Crippen LogP contribution < -0.4 is 0 Å². The topological polar surface area (TPSA) is 56.9 Å². The van der Waals surface area contributed by atoms with Crippen LogP contribution in [0.25, 0.3) is 22.4 Å². The van der Waals surface area contributed by atoms with Gasteiger partial charge in [-0.3, -0.25) is 0 Å². The molecule has 2 atom stereocenters. The van der Waals surface area contributed by atoms with Crippen molar-refractivity contribution >= 4 is 23.5 Å².